The van der Waals surface area contributed by atoms with Crippen LogP contribution in [0.1, 0.15) is 5.56 Å². The fourth-order valence-corrected chi connectivity index (χ4v) is 2.84. The van der Waals surface area contributed by atoms with Crippen LogP contribution in [0.3, 0.4) is 0 Å². The van der Waals surface area contributed by atoms with Crippen LogP contribution in [0.4, 0.5) is 5.82 Å². The van der Waals surface area contributed by atoms with E-state index < -0.39 is 0 Å². The number of nitrogens with one attached hydrogen (secondary N) is 1. The molecule has 4 rings (SSSR count). The molecule has 0 aliphatic carbocycles. The van der Waals surface area contributed by atoms with Gasteiger partial charge in [-0.1, -0.05) is 24.3 Å². The fraction of sp³-hybridized carbons (Fsp3) is 0.105. The maximum atomic E-state index is 5.40. The molecule has 0 amide bonds. The first-order chi connectivity index (χ1) is 12.4. The third-order valence-corrected chi connectivity index (χ3v) is 4.08. The highest BCUT2D eigenvalue weighted by atomic mass is 16.5. The molecule has 0 unspecified atom stereocenters. The molecule has 6 heteroatoms. The number of para-hydroxylation sites is 1. The Bertz CT molecular complexity index is 997. The van der Waals surface area contributed by atoms with Crippen LogP contribution < -0.4 is 10.1 Å². The molecule has 0 fully saturated rings. The SMILES string of the molecule is COc1ccccc1CNc1ccc(-c2cccnc2)c2nncn12. The van der Waals surface area contributed by atoms with Gasteiger partial charge in [-0.25, -0.2) is 0 Å². The van der Waals surface area contributed by atoms with Crippen molar-refractivity contribution in [1.82, 2.24) is 19.6 Å². The summed E-state index contributed by atoms with van der Waals surface area (Å²) in [6, 6.07) is 15.9. The first kappa shape index (κ1) is 15.1. The molecular weight excluding hydrogens is 314 g/mol. The summed E-state index contributed by atoms with van der Waals surface area (Å²) >= 11 is 0. The first-order valence-electron chi connectivity index (χ1n) is 7.96. The van der Waals surface area contributed by atoms with Crippen LogP contribution >= 0.6 is 0 Å². The minimum absolute atomic E-state index is 0.642. The second-order valence-electron chi connectivity index (χ2n) is 5.56. The molecule has 0 saturated carbocycles. The van der Waals surface area contributed by atoms with Crippen LogP contribution in [0.2, 0.25) is 0 Å². The topological polar surface area (TPSA) is 64.3 Å². The third-order valence-electron chi connectivity index (χ3n) is 4.08. The van der Waals surface area contributed by atoms with Gasteiger partial charge in [0.25, 0.3) is 0 Å². The Kier molecular flexibility index (Phi) is 4.00. The van der Waals surface area contributed by atoms with E-state index in [0.29, 0.717) is 6.54 Å². The minimum atomic E-state index is 0.642. The van der Waals surface area contributed by atoms with Gasteiger partial charge in [0.15, 0.2) is 5.65 Å². The van der Waals surface area contributed by atoms with Crippen molar-refractivity contribution in [2.75, 3.05) is 12.4 Å². The van der Waals surface area contributed by atoms with Gasteiger partial charge in [-0.05, 0) is 24.3 Å². The smallest absolute Gasteiger partial charge is 0.170 e. The first-order valence-corrected chi connectivity index (χ1v) is 7.96. The minimum Gasteiger partial charge on any atom is -0.496 e. The molecule has 0 aliphatic rings. The predicted molar refractivity (Wildman–Crippen MR) is 96.5 cm³/mol. The van der Waals surface area contributed by atoms with Gasteiger partial charge in [-0.2, -0.15) is 0 Å². The molecule has 124 valence electrons. The molecule has 1 aromatic carbocycles. The van der Waals surface area contributed by atoms with E-state index in [1.165, 1.54) is 0 Å². The van der Waals surface area contributed by atoms with E-state index in [-0.39, 0.29) is 0 Å². The normalized spacial score (nSPS) is 10.8. The molecular formula is C19H17N5O. The van der Waals surface area contributed by atoms with Gasteiger partial charge in [0, 0.05) is 35.6 Å². The number of hydrogen-bond donors (Lipinski definition) is 1. The molecule has 25 heavy (non-hydrogen) atoms. The molecule has 6 nitrogen and oxygen atoms in total. The average molecular weight is 331 g/mol. The summed E-state index contributed by atoms with van der Waals surface area (Å²) in [5, 5.41) is 11.8. The summed E-state index contributed by atoms with van der Waals surface area (Å²) in [6.07, 6.45) is 5.29. The van der Waals surface area contributed by atoms with Crippen LogP contribution in [0.25, 0.3) is 16.8 Å². The molecule has 3 aromatic heterocycles. The van der Waals surface area contributed by atoms with Gasteiger partial charge in [0.2, 0.25) is 0 Å². The van der Waals surface area contributed by atoms with Crippen LogP contribution in [0.15, 0.2) is 67.3 Å². The molecule has 0 atom stereocenters. The van der Waals surface area contributed by atoms with Crippen LogP contribution in [-0.4, -0.2) is 26.7 Å². The quantitative estimate of drug-likeness (QED) is 0.607. The Morgan fingerprint density at radius 2 is 2.00 bits per heavy atom. The molecule has 4 aromatic rings. The zero-order valence-corrected chi connectivity index (χ0v) is 13.8. The van der Waals surface area contributed by atoms with E-state index in [0.717, 1.165) is 33.9 Å². The molecule has 0 aliphatic heterocycles. The van der Waals surface area contributed by atoms with E-state index in [9.17, 15) is 0 Å². The highest BCUT2D eigenvalue weighted by Crippen LogP contribution is 2.26. The summed E-state index contributed by atoms with van der Waals surface area (Å²) < 4.78 is 7.35. The molecule has 0 spiro atoms. The molecule has 0 radical (unpaired) electrons. The number of anilines is 1. The molecule has 0 saturated heterocycles. The lowest BCUT2D eigenvalue weighted by atomic mass is 10.1. The van der Waals surface area contributed by atoms with E-state index in [2.05, 4.69) is 20.5 Å². The highest BCUT2D eigenvalue weighted by Gasteiger charge is 2.10. The van der Waals surface area contributed by atoms with Crippen molar-refractivity contribution in [3.8, 4) is 16.9 Å². The molecule has 3 heterocycles. The summed E-state index contributed by atoms with van der Waals surface area (Å²) in [5.74, 6) is 1.78. The number of methoxy groups -OCH3 is 1. The maximum absolute atomic E-state index is 5.40. The Balaban J connectivity index is 1.67. The Morgan fingerprint density at radius 3 is 2.84 bits per heavy atom. The number of benzene rings is 1. The zero-order valence-electron chi connectivity index (χ0n) is 13.8. The van der Waals surface area contributed by atoms with E-state index in [1.807, 2.05) is 59.1 Å². The number of aromatic nitrogens is 4. The summed E-state index contributed by atoms with van der Waals surface area (Å²) in [5.41, 5.74) is 3.88. The number of rotatable bonds is 5. The van der Waals surface area contributed by atoms with Crippen molar-refractivity contribution in [1.29, 1.82) is 0 Å². The number of ether oxygens (including phenoxy) is 1. The van der Waals surface area contributed by atoms with E-state index >= 15 is 0 Å². The number of pyridine rings is 2. The third kappa shape index (κ3) is 2.89. The van der Waals surface area contributed by atoms with Crippen molar-refractivity contribution in [3.63, 3.8) is 0 Å². The van der Waals surface area contributed by atoms with Gasteiger partial charge in [0.05, 0.1) is 7.11 Å². The highest BCUT2D eigenvalue weighted by molar-refractivity contribution is 5.78. The van der Waals surface area contributed by atoms with Crippen molar-refractivity contribution in [2.24, 2.45) is 0 Å². The van der Waals surface area contributed by atoms with E-state index in [1.54, 1.807) is 19.6 Å². The summed E-state index contributed by atoms with van der Waals surface area (Å²) in [7, 11) is 1.68. The lowest BCUT2D eigenvalue weighted by molar-refractivity contribution is 0.410. The van der Waals surface area contributed by atoms with Crippen molar-refractivity contribution >= 4 is 11.5 Å². The average Bonchev–Trinajstić information content (AvgIpc) is 3.17. The van der Waals surface area contributed by atoms with Crippen molar-refractivity contribution in [3.05, 3.63) is 72.8 Å². The van der Waals surface area contributed by atoms with Crippen LogP contribution in [0, 0.1) is 0 Å². The predicted octanol–water partition coefficient (Wildman–Crippen LogP) is 3.41. The Hall–Kier alpha value is -3.41. The summed E-state index contributed by atoms with van der Waals surface area (Å²) in [4.78, 5) is 4.18. The van der Waals surface area contributed by atoms with Gasteiger partial charge in [-0.3, -0.25) is 9.38 Å². The van der Waals surface area contributed by atoms with Crippen LogP contribution in [-0.2, 0) is 6.54 Å². The van der Waals surface area contributed by atoms with Gasteiger partial charge >= 0.3 is 0 Å². The Morgan fingerprint density at radius 1 is 1.08 bits per heavy atom. The fourth-order valence-electron chi connectivity index (χ4n) is 2.84. The Labute approximate surface area is 145 Å². The van der Waals surface area contributed by atoms with Crippen molar-refractivity contribution in [2.45, 2.75) is 6.54 Å². The second kappa shape index (κ2) is 6.60. The van der Waals surface area contributed by atoms with E-state index in [4.69, 9.17) is 4.74 Å². The maximum Gasteiger partial charge on any atom is 0.170 e. The lowest BCUT2D eigenvalue weighted by Gasteiger charge is -2.13. The van der Waals surface area contributed by atoms with Crippen molar-refractivity contribution < 1.29 is 4.74 Å². The largest absolute Gasteiger partial charge is 0.496 e. The van der Waals surface area contributed by atoms with Gasteiger partial charge in [-0.15, -0.1) is 10.2 Å². The number of fused-ring (bicyclic) bond motifs is 1. The summed E-state index contributed by atoms with van der Waals surface area (Å²) in [6.45, 7) is 0.642. The molecule has 0 bridgehead atoms. The standard InChI is InChI=1S/C19H17N5O/c1-25-17-7-3-2-5-15(17)12-21-18-9-8-16(14-6-4-10-20-11-14)19-23-22-13-24(18)19/h2-11,13,21H,12H2,1H3. The number of hydrogen-bond acceptors (Lipinski definition) is 5. The second-order valence-corrected chi connectivity index (χ2v) is 5.56. The lowest BCUT2D eigenvalue weighted by Crippen LogP contribution is -2.05. The van der Waals surface area contributed by atoms with Gasteiger partial charge in [0.1, 0.15) is 17.9 Å². The monoisotopic (exact) mass is 331 g/mol. The van der Waals surface area contributed by atoms with Gasteiger partial charge < -0.3 is 10.1 Å². The van der Waals surface area contributed by atoms with Crippen LogP contribution in [0.5, 0.6) is 5.75 Å². The zero-order chi connectivity index (χ0) is 17.1. The number of nitrogens with zero attached hydrogens (tertiary/aromatic N) is 4. The molecule has 1 N–H and O–H groups in total.